The van der Waals surface area contributed by atoms with Crippen molar-refractivity contribution >= 4 is 46.2 Å². The van der Waals surface area contributed by atoms with E-state index in [1.165, 1.54) is 57.1 Å². The fraction of sp³-hybridized carbons (Fsp3) is 0.346. The highest BCUT2D eigenvalue weighted by Gasteiger charge is 2.22. The van der Waals surface area contributed by atoms with Crippen molar-refractivity contribution < 1.29 is 4.57 Å². The molecule has 5 heteroatoms. The Morgan fingerprint density at radius 2 is 1.87 bits per heavy atom. The molecule has 1 unspecified atom stereocenters. The molecule has 1 aromatic heterocycles. The van der Waals surface area contributed by atoms with Crippen LogP contribution in [-0.2, 0) is 6.54 Å². The van der Waals surface area contributed by atoms with E-state index in [2.05, 4.69) is 90.3 Å². The van der Waals surface area contributed by atoms with Crippen molar-refractivity contribution in [2.45, 2.75) is 43.7 Å². The Bertz CT molecular complexity index is 1060. The van der Waals surface area contributed by atoms with Crippen LogP contribution in [0, 0.1) is 0 Å². The minimum atomic E-state index is 0.303. The van der Waals surface area contributed by atoms with Crippen molar-refractivity contribution in [1.29, 1.82) is 0 Å². The van der Waals surface area contributed by atoms with Crippen molar-refractivity contribution in [1.82, 2.24) is 0 Å². The average Bonchev–Trinajstić information content (AvgIpc) is 3.09. The fourth-order valence-corrected chi connectivity index (χ4v) is 5.99. The molecule has 0 amide bonds. The monoisotopic (exact) mass is 450 g/mol. The lowest BCUT2D eigenvalue weighted by Crippen LogP contribution is -2.34. The van der Waals surface area contributed by atoms with Gasteiger partial charge < -0.3 is 10.6 Å². The van der Waals surface area contributed by atoms with Gasteiger partial charge in [0, 0.05) is 42.3 Å². The molecule has 31 heavy (non-hydrogen) atoms. The summed E-state index contributed by atoms with van der Waals surface area (Å²) in [6.07, 6.45) is 8.32. The van der Waals surface area contributed by atoms with Crippen molar-refractivity contribution in [2.24, 2.45) is 5.73 Å². The summed E-state index contributed by atoms with van der Waals surface area (Å²) in [6.45, 7) is 3.14. The molecule has 0 saturated heterocycles. The van der Waals surface area contributed by atoms with E-state index in [-0.39, 0.29) is 0 Å². The molecule has 0 spiro atoms. The van der Waals surface area contributed by atoms with Crippen LogP contribution in [0.4, 0.5) is 5.69 Å². The van der Waals surface area contributed by atoms with E-state index in [1.54, 1.807) is 0 Å². The normalized spacial score (nSPS) is 15.6. The van der Waals surface area contributed by atoms with Gasteiger partial charge in [0.2, 0.25) is 5.52 Å². The van der Waals surface area contributed by atoms with E-state index in [1.807, 2.05) is 23.5 Å². The number of benzene rings is 2. The van der Waals surface area contributed by atoms with Gasteiger partial charge in [0.15, 0.2) is 6.20 Å². The van der Waals surface area contributed by atoms with Crippen LogP contribution in [0.3, 0.4) is 0 Å². The molecule has 162 valence electrons. The largest absolute Gasteiger partial charge is 0.338 e. The minimum absolute atomic E-state index is 0.303. The molecule has 3 nitrogen and oxygen atoms in total. The number of pyridine rings is 1. The van der Waals surface area contributed by atoms with Crippen molar-refractivity contribution in [2.75, 3.05) is 23.5 Å². The summed E-state index contributed by atoms with van der Waals surface area (Å²) in [5, 5.41) is 2.59. The van der Waals surface area contributed by atoms with Gasteiger partial charge in [-0.2, -0.15) is 16.3 Å². The molecule has 3 aromatic rings. The fourth-order valence-electron chi connectivity index (χ4n) is 3.94. The topological polar surface area (TPSA) is 33.1 Å². The zero-order valence-corrected chi connectivity index (χ0v) is 20.1. The molecule has 1 aliphatic rings. The van der Waals surface area contributed by atoms with E-state index >= 15 is 0 Å². The molecular formula is C26H32N3S2+. The van der Waals surface area contributed by atoms with E-state index < -0.39 is 0 Å². The van der Waals surface area contributed by atoms with Crippen LogP contribution in [0.2, 0.25) is 0 Å². The second-order valence-electron chi connectivity index (χ2n) is 8.21. The van der Waals surface area contributed by atoms with Crippen molar-refractivity contribution in [3.8, 4) is 0 Å². The van der Waals surface area contributed by atoms with E-state index in [0.29, 0.717) is 6.04 Å². The Hall–Kier alpha value is -1.95. The van der Waals surface area contributed by atoms with Gasteiger partial charge in [0.25, 0.3) is 0 Å². The number of unbranched alkanes of at least 4 members (excludes halogenated alkanes) is 2. The Balaban J connectivity index is 1.45. The molecule has 0 radical (unpaired) electrons. The zero-order chi connectivity index (χ0) is 21.6. The summed E-state index contributed by atoms with van der Waals surface area (Å²) in [7, 11) is 2.16. The number of hydrogen-bond donors (Lipinski definition) is 1. The van der Waals surface area contributed by atoms with Crippen LogP contribution in [0.5, 0.6) is 0 Å². The molecule has 2 N–H and O–H groups in total. The second kappa shape index (κ2) is 10.6. The van der Waals surface area contributed by atoms with E-state index in [0.717, 1.165) is 12.3 Å². The highest BCUT2D eigenvalue weighted by molar-refractivity contribution is 8.03. The van der Waals surface area contributed by atoms with Crippen molar-refractivity contribution in [3.05, 3.63) is 71.4 Å². The number of hydrogen-bond acceptors (Lipinski definition) is 4. The van der Waals surface area contributed by atoms with Gasteiger partial charge in [-0.1, -0.05) is 36.0 Å². The number of nitrogens with two attached hydrogens (primary N) is 1. The molecule has 1 atom stereocenters. The molecule has 0 bridgehead atoms. The van der Waals surface area contributed by atoms with Crippen molar-refractivity contribution in [3.63, 3.8) is 0 Å². The lowest BCUT2D eigenvalue weighted by atomic mass is 10.1. The third-order valence-corrected chi connectivity index (χ3v) is 8.08. The number of nitrogens with zero attached hydrogens (tertiary/aromatic N) is 2. The van der Waals surface area contributed by atoms with Gasteiger partial charge in [-0.15, -0.1) is 0 Å². The van der Waals surface area contributed by atoms with Crippen LogP contribution in [0.15, 0.2) is 70.7 Å². The van der Waals surface area contributed by atoms with Gasteiger partial charge in [0.1, 0.15) is 6.54 Å². The zero-order valence-electron chi connectivity index (χ0n) is 18.5. The lowest BCUT2D eigenvalue weighted by molar-refractivity contribution is -0.671. The molecule has 1 aliphatic heterocycles. The summed E-state index contributed by atoms with van der Waals surface area (Å²) >= 11 is 3.83. The predicted molar refractivity (Wildman–Crippen MR) is 138 cm³/mol. The SMILES string of the molecule is CC(N)CSCCCCC[n+]1ccc(C=C2Sc3ccccc3N2C)c2ccccc21. The van der Waals surface area contributed by atoms with Gasteiger partial charge in [-0.25, -0.2) is 0 Å². The predicted octanol–water partition coefficient (Wildman–Crippen LogP) is 5.92. The standard InChI is InChI=1S/C26H32N3S2/c1-20(27)19-30-17-9-3-8-15-29-16-14-21(22-10-4-5-11-23(22)29)18-26-28(2)24-12-6-7-13-25(24)31-26/h4-7,10-14,16,18,20H,3,8-9,15,17,19,27H2,1-2H3/q+1. The Kier molecular flexibility index (Phi) is 7.59. The van der Waals surface area contributed by atoms with Crippen LogP contribution < -0.4 is 15.2 Å². The number of fused-ring (bicyclic) bond motifs is 2. The average molecular weight is 451 g/mol. The molecule has 4 rings (SSSR count). The third-order valence-electron chi connectivity index (χ3n) is 5.58. The number of para-hydroxylation sites is 2. The molecule has 2 heterocycles. The third kappa shape index (κ3) is 5.46. The van der Waals surface area contributed by atoms with Crippen LogP contribution >= 0.6 is 23.5 Å². The quantitative estimate of drug-likeness (QED) is 0.324. The maximum absolute atomic E-state index is 5.82. The summed E-state index contributed by atoms with van der Waals surface area (Å²) < 4.78 is 2.41. The van der Waals surface area contributed by atoms with E-state index in [9.17, 15) is 0 Å². The van der Waals surface area contributed by atoms with Gasteiger partial charge >= 0.3 is 0 Å². The lowest BCUT2D eigenvalue weighted by Gasteiger charge is -2.13. The number of aryl methyl sites for hydroxylation is 1. The number of aromatic nitrogens is 1. The highest BCUT2D eigenvalue weighted by atomic mass is 32.2. The molecule has 0 fully saturated rings. The Morgan fingerprint density at radius 3 is 2.71 bits per heavy atom. The molecule has 0 aliphatic carbocycles. The number of thioether (sulfide) groups is 2. The van der Waals surface area contributed by atoms with Crippen LogP contribution in [0.1, 0.15) is 31.7 Å². The first-order chi connectivity index (χ1) is 15.1. The van der Waals surface area contributed by atoms with Gasteiger partial charge in [0.05, 0.1) is 16.1 Å². The smallest absolute Gasteiger partial charge is 0.213 e. The first-order valence-corrected chi connectivity index (χ1v) is 13.1. The Labute approximate surface area is 194 Å². The molecule has 0 saturated carbocycles. The number of anilines is 1. The molecular weight excluding hydrogens is 418 g/mol. The summed E-state index contributed by atoms with van der Waals surface area (Å²) in [6, 6.07) is 20.0. The first kappa shape index (κ1) is 22.3. The Morgan fingerprint density at radius 1 is 1.06 bits per heavy atom. The maximum atomic E-state index is 5.82. The minimum Gasteiger partial charge on any atom is -0.338 e. The summed E-state index contributed by atoms with van der Waals surface area (Å²) in [5.74, 6) is 2.28. The summed E-state index contributed by atoms with van der Waals surface area (Å²) in [4.78, 5) is 3.62. The van der Waals surface area contributed by atoms with E-state index in [4.69, 9.17) is 5.73 Å². The van der Waals surface area contributed by atoms with Crippen LogP contribution in [0.25, 0.3) is 17.0 Å². The molecule has 2 aromatic carbocycles. The van der Waals surface area contributed by atoms with Gasteiger partial charge in [-0.3, -0.25) is 0 Å². The summed E-state index contributed by atoms with van der Waals surface area (Å²) in [5.41, 5.74) is 9.70. The highest BCUT2D eigenvalue weighted by Crippen LogP contribution is 2.45. The maximum Gasteiger partial charge on any atom is 0.213 e. The van der Waals surface area contributed by atoms with Gasteiger partial charge in [-0.05, 0) is 55.4 Å². The first-order valence-electron chi connectivity index (χ1n) is 11.1. The number of rotatable bonds is 9. The second-order valence-corrected chi connectivity index (χ2v) is 10.4. The van der Waals surface area contributed by atoms with Crippen LogP contribution in [-0.4, -0.2) is 24.6 Å².